The molecule has 0 unspecified atom stereocenters. The van der Waals surface area contributed by atoms with Gasteiger partial charge in [0.1, 0.15) is 0 Å². The van der Waals surface area contributed by atoms with E-state index in [1.807, 2.05) is 0 Å². The zero-order valence-electron chi connectivity index (χ0n) is 6.91. The molecule has 0 bridgehead atoms. The Morgan fingerprint density at radius 3 is 2.07 bits per heavy atom. The van der Waals surface area contributed by atoms with Gasteiger partial charge in [0.25, 0.3) is 0 Å². The molecule has 6 nitrogen and oxygen atoms in total. The molecule has 0 radical (unpaired) electrons. The first-order valence-electron chi connectivity index (χ1n) is 3.56. The zero-order chi connectivity index (χ0) is 10.8. The van der Waals surface area contributed by atoms with Crippen LogP contribution in [0.1, 0.15) is 0 Å². The molecule has 4 N–H and O–H groups in total. The van der Waals surface area contributed by atoms with Crippen LogP contribution in [-0.2, 0) is 3.74 Å². The zero-order valence-corrected chi connectivity index (χ0v) is 8.79. The first-order valence-corrected chi connectivity index (χ1v) is 6.94. The van der Waals surface area contributed by atoms with Crippen molar-refractivity contribution in [3.63, 3.8) is 0 Å². The van der Waals surface area contributed by atoms with Crippen LogP contribution in [0.25, 0.3) is 0 Å². The van der Waals surface area contributed by atoms with Crippen LogP contribution in [0, 0.1) is 0 Å². The third-order valence-electron chi connectivity index (χ3n) is 1.45. The second kappa shape index (κ2) is 3.87. The molecule has 0 aliphatic carbocycles. The molecule has 76 valence electrons. The van der Waals surface area contributed by atoms with Crippen molar-refractivity contribution < 1.29 is 21.8 Å². The Morgan fingerprint density at radius 1 is 1.21 bits per heavy atom. The number of amides is 1. The molecule has 1 aromatic carbocycles. The van der Waals surface area contributed by atoms with Gasteiger partial charge in [0, 0.05) is 0 Å². The van der Waals surface area contributed by atoms with E-state index in [1.165, 1.54) is 24.3 Å². The Labute approximate surface area is 82.2 Å². The Morgan fingerprint density at radius 2 is 1.71 bits per heavy atom. The Bertz CT molecular complexity index is 382. The van der Waals surface area contributed by atoms with Gasteiger partial charge < -0.3 is 0 Å². The molecule has 0 saturated carbocycles. The van der Waals surface area contributed by atoms with Crippen molar-refractivity contribution in [1.82, 2.24) is 0 Å². The standard InChI is InChI=1S/C7H8AsNO5/c10-7(11)9-6-3-1-5(2-4-6)8(12,13)14/h1-4,9H,(H,10,11)(H2,12,13,14). The molecular weight excluding hydrogens is 253 g/mol. The molecule has 0 aliphatic heterocycles. The van der Waals surface area contributed by atoms with Crippen LogP contribution in [0.15, 0.2) is 24.3 Å². The minimum atomic E-state index is -4.85. The summed E-state index contributed by atoms with van der Waals surface area (Å²) in [6.07, 6.45) is -1.22. The summed E-state index contributed by atoms with van der Waals surface area (Å²) >= 11 is -4.85. The maximum absolute atomic E-state index is 10.8. The van der Waals surface area contributed by atoms with E-state index in [1.54, 1.807) is 0 Å². The van der Waals surface area contributed by atoms with Crippen LogP contribution in [0.2, 0.25) is 0 Å². The van der Waals surface area contributed by atoms with E-state index in [0.717, 1.165) is 0 Å². The quantitative estimate of drug-likeness (QED) is 0.528. The van der Waals surface area contributed by atoms with Gasteiger partial charge in [0.15, 0.2) is 0 Å². The van der Waals surface area contributed by atoms with Crippen LogP contribution >= 0.6 is 0 Å². The van der Waals surface area contributed by atoms with Crippen molar-refractivity contribution in [2.45, 2.75) is 0 Å². The number of benzene rings is 1. The average molecular weight is 261 g/mol. The summed E-state index contributed by atoms with van der Waals surface area (Å²) in [5.74, 6) is 0. The fraction of sp³-hybridized carbons (Fsp3) is 0. The molecule has 0 fully saturated rings. The van der Waals surface area contributed by atoms with Gasteiger partial charge in [0.05, 0.1) is 0 Å². The molecule has 0 heterocycles. The van der Waals surface area contributed by atoms with Gasteiger partial charge in [0.2, 0.25) is 0 Å². The fourth-order valence-corrected chi connectivity index (χ4v) is 1.99. The summed E-state index contributed by atoms with van der Waals surface area (Å²) < 4.78 is 28.3. The van der Waals surface area contributed by atoms with E-state index >= 15 is 0 Å². The first kappa shape index (κ1) is 10.8. The minimum absolute atomic E-state index is 0.0842. The molecule has 0 atom stereocenters. The number of rotatable bonds is 2. The molecular formula is C7H8AsNO5. The van der Waals surface area contributed by atoms with Crippen molar-refractivity contribution in [2.75, 3.05) is 5.32 Å². The molecule has 0 aromatic heterocycles. The monoisotopic (exact) mass is 261 g/mol. The van der Waals surface area contributed by atoms with Gasteiger partial charge in [-0.15, -0.1) is 0 Å². The van der Waals surface area contributed by atoms with E-state index in [2.05, 4.69) is 5.32 Å². The molecule has 0 spiro atoms. The molecule has 14 heavy (non-hydrogen) atoms. The molecule has 0 saturated heterocycles. The molecule has 1 aromatic rings. The van der Waals surface area contributed by atoms with Crippen molar-refractivity contribution in [3.05, 3.63) is 24.3 Å². The average Bonchev–Trinajstić information content (AvgIpc) is 2.02. The van der Waals surface area contributed by atoms with Crippen molar-refractivity contribution in [2.24, 2.45) is 0 Å². The SMILES string of the molecule is O=C(O)Nc1ccc([As](=O)(O)O)cc1. The van der Waals surface area contributed by atoms with Gasteiger partial charge in [-0.25, -0.2) is 0 Å². The Balaban J connectivity index is 2.89. The topological polar surface area (TPSA) is 107 Å². The van der Waals surface area contributed by atoms with Gasteiger partial charge >= 0.3 is 81.7 Å². The Hall–Kier alpha value is -1.23. The van der Waals surface area contributed by atoms with Crippen LogP contribution < -0.4 is 9.67 Å². The van der Waals surface area contributed by atoms with Crippen LogP contribution in [0.3, 0.4) is 0 Å². The number of nitrogens with one attached hydrogen (secondary N) is 1. The van der Waals surface area contributed by atoms with Crippen LogP contribution in [-0.4, -0.2) is 33.6 Å². The maximum atomic E-state index is 10.8. The third-order valence-corrected chi connectivity index (χ3v) is 3.49. The normalized spacial score (nSPS) is 11.0. The summed E-state index contributed by atoms with van der Waals surface area (Å²) in [6, 6.07) is 4.99. The molecule has 1 amide bonds. The number of hydrogen-bond donors (Lipinski definition) is 4. The summed E-state index contributed by atoms with van der Waals surface area (Å²) in [5, 5.41) is 10.4. The summed E-state index contributed by atoms with van der Waals surface area (Å²) in [4.78, 5) is 10.2. The Kier molecular flexibility index (Phi) is 3.00. The molecule has 7 heteroatoms. The van der Waals surface area contributed by atoms with Gasteiger partial charge in [-0.05, 0) is 0 Å². The van der Waals surface area contributed by atoms with Gasteiger partial charge in [-0.1, -0.05) is 0 Å². The second-order valence-electron chi connectivity index (χ2n) is 2.52. The summed E-state index contributed by atoms with van der Waals surface area (Å²) in [5.41, 5.74) is 0.269. The fourth-order valence-electron chi connectivity index (χ4n) is 0.862. The number of anilines is 1. The summed E-state index contributed by atoms with van der Waals surface area (Å²) in [6.45, 7) is 0. The first-order chi connectivity index (χ1) is 6.39. The van der Waals surface area contributed by atoms with Crippen molar-refractivity contribution in [3.8, 4) is 0 Å². The predicted molar refractivity (Wildman–Crippen MR) is 48.6 cm³/mol. The van der Waals surface area contributed by atoms with E-state index in [0.29, 0.717) is 0 Å². The molecule has 0 aliphatic rings. The number of carbonyl (C=O) groups is 1. The van der Waals surface area contributed by atoms with E-state index < -0.39 is 20.3 Å². The van der Waals surface area contributed by atoms with Crippen molar-refractivity contribution >= 4 is 30.3 Å². The molecule has 1 rings (SSSR count). The van der Waals surface area contributed by atoms with Crippen molar-refractivity contribution in [1.29, 1.82) is 0 Å². The van der Waals surface area contributed by atoms with Crippen LogP contribution in [0.5, 0.6) is 0 Å². The van der Waals surface area contributed by atoms with Crippen LogP contribution in [0.4, 0.5) is 10.5 Å². The van der Waals surface area contributed by atoms with Gasteiger partial charge in [-0.2, -0.15) is 0 Å². The second-order valence-corrected chi connectivity index (χ2v) is 5.89. The van der Waals surface area contributed by atoms with E-state index in [9.17, 15) is 8.53 Å². The number of carboxylic acid groups (broad SMARTS) is 1. The number of hydrogen-bond acceptors (Lipinski definition) is 2. The van der Waals surface area contributed by atoms with Gasteiger partial charge in [-0.3, -0.25) is 0 Å². The predicted octanol–water partition coefficient (Wildman–Crippen LogP) is -0.663. The van der Waals surface area contributed by atoms with E-state index in [4.69, 9.17) is 13.3 Å². The summed E-state index contributed by atoms with van der Waals surface area (Å²) in [7, 11) is 0. The van der Waals surface area contributed by atoms with E-state index in [-0.39, 0.29) is 10.0 Å². The third kappa shape index (κ3) is 2.92.